The molecule has 8 nitrogen and oxygen atoms in total. The molecule has 214 valence electrons. The first kappa shape index (κ1) is 28.4. The number of rotatable bonds is 11. The van der Waals surface area contributed by atoms with Crippen LogP contribution in [-0.2, 0) is 25.7 Å². The van der Waals surface area contributed by atoms with Crippen molar-refractivity contribution in [1.82, 2.24) is 10.6 Å². The maximum atomic E-state index is 13.2. The standard InChI is InChI=1S/C33H36N2O6/c1-21(40-19-22-10-3-2-4-11-22)30(32(37)38)35-31(36)24-17-9-12-23(24)18-34-33(39)41-20-29-27-15-7-5-13-25(27)26-14-6-8-16-28(26)29/h2-8,10-11,13-16,21,23-24,29-30H,9,12,17-20H2,1H3,(H,34,39)(H,35,36)(H,37,38). The number of carbonyl (C=O) groups is 3. The zero-order valence-corrected chi connectivity index (χ0v) is 23.1. The average molecular weight is 557 g/mol. The van der Waals surface area contributed by atoms with Gasteiger partial charge in [0.1, 0.15) is 6.61 Å². The Morgan fingerprint density at radius 2 is 1.54 bits per heavy atom. The predicted molar refractivity (Wildman–Crippen MR) is 154 cm³/mol. The van der Waals surface area contributed by atoms with Crippen LogP contribution in [0.4, 0.5) is 4.79 Å². The second-order valence-electron chi connectivity index (χ2n) is 10.8. The van der Waals surface area contributed by atoms with Crippen LogP contribution >= 0.6 is 0 Å². The van der Waals surface area contributed by atoms with Crippen LogP contribution in [0, 0.1) is 11.8 Å². The normalized spacial score (nSPS) is 19.0. The van der Waals surface area contributed by atoms with E-state index in [9.17, 15) is 19.5 Å². The van der Waals surface area contributed by atoms with Gasteiger partial charge < -0.3 is 25.2 Å². The average Bonchev–Trinajstić information content (AvgIpc) is 3.59. The third kappa shape index (κ3) is 6.60. The summed E-state index contributed by atoms with van der Waals surface area (Å²) in [6.45, 7) is 2.40. The molecule has 3 aromatic carbocycles. The lowest BCUT2D eigenvalue weighted by Gasteiger charge is -2.25. The van der Waals surface area contributed by atoms with Crippen molar-refractivity contribution >= 4 is 18.0 Å². The van der Waals surface area contributed by atoms with Crippen LogP contribution in [-0.4, -0.2) is 48.4 Å². The monoisotopic (exact) mass is 556 g/mol. The van der Waals surface area contributed by atoms with Gasteiger partial charge in [-0.3, -0.25) is 4.79 Å². The Labute approximate surface area is 240 Å². The van der Waals surface area contributed by atoms with Gasteiger partial charge in [-0.25, -0.2) is 9.59 Å². The van der Waals surface area contributed by atoms with Crippen LogP contribution < -0.4 is 10.6 Å². The number of carboxylic acid groups (broad SMARTS) is 1. The molecule has 41 heavy (non-hydrogen) atoms. The molecule has 3 aromatic rings. The Hall–Kier alpha value is -4.17. The molecule has 3 N–H and O–H groups in total. The zero-order valence-electron chi connectivity index (χ0n) is 23.1. The van der Waals surface area contributed by atoms with Crippen LogP contribution in [0.15, 0.2) is 78.9 Å². The SMILES string of the molecule is CC(OCc1ccccc1)C(NC(=O)C1CCCC1CNC(=O)OCC1c2ccccc2-c2ccccc21)C(=O)O. The number of ether oxygens (including phenoxy) is 2. The predicted octanol–water partition coefficient (Wildman–Crippen LogP) is 5.12. The van der Waals surface area contributed by atoms with Gasteiger partial charge >= 0.3 is 12.1 Å². The number of hydrogen-bond acceptors (Lipinski definition) is 5. The fraction of sp³-hybridized carbons (Fsp3) is 0.364. The Morgan fingerprint density at radius 3 is 2.20 bits per heavy atom. The summed E-state index contributed by atoms with van der Waals surface area (Å²) in [5.74, 6) is -2.01. The molecule has 1 saturated carbocycles. The molecule has 4 unspecified atom stereocenters. The topological polar surface area (TPSA) is 114 Å². The molecular weight excluding hydrogens is 520 g/mol. The van der Waals surface area contributed by atoms with Crippen molar-refractivity contribution in [2.45, 2.75) is 50.9 Å². The van der Waals surface area contributed by atoms with Gasteiger partial charge in [0.05, 0.1) is 12.7 Å². The highest BCUT2D eigenvalue weighted by atomic mass is 16.5. The Bertz CT molecular complexity index is 1330. The Kier molecular flexibility index (Phi) is 8.99. The number of carboxylic acids is 1. The summed E-state index contributed by atoms with van der Waals surface area (Å²) in [5, 5.41) is 15.3. The van der Waals surface area contributed by atoms with E-state index in [1.165, 1.54) is 0 Å². The first-order valence-corrected chi connectivity index (χ1v) is 14.2. The van der Waals surface area contributed by atoms with Crippen molar-refractivity contribution in [3.63, 3.8) is 0 Å². The number of benzene rings is 3. The molecule has 5 rings (SSSR count). The van der Waals surface area contributed by atoms with Crippen molar-refractivity contribution in [3.05, 3.63) is 95.6 Å². The lowest BCUT2D eigenvalue weighted by atomic mass is 9.94. The van der Waals surface area contributed by atoms with Gasteiger partial charge in [-0.1, -0.05) is 85.3 Å². The summed E-state index contributed by atoms with van der Waals surface area (Å²) in [6.07, 6.45) is 0.973. The molecule has 0 spiro atoms. The van der Waals surface area contributed by atoms with E-state index in [0.29, 0.717) is 6.42 Å². The van der Waals surface area contributed by atoms with Gasteiger partial charge in [-0.2, -0.15) is 0 Å². The van der Waals surface area contributed by atoms with Gasteiger partial charge in [0.15, 0.2) is 6.04 Å². The first-order valence-electron chi connectivity index (χ1n) is 14.2. The number of amides is 2. The third-order valence-corrected chi connectivity index (χ3v) is 8.24. The van der Waals surface area contributed by atoms with Crippen molar-refractivity contribution in [3.8, 4) is 11.1 Å². The van der Waals surface area contributed by atoms with Gasteiger partial charge in [-0.15, -0.1) is 0 Å². The summed E-state index contributed by atoms with van der Waals surface area (Å²) in [6, 6.07) is 24.6. The molecule has 8 heteroatoms. The van der Waals surface area contributed by atoms with E-state index in [4.69, 9.17) is 9.47 Å². The van der Waals surface area contributed by atoms with E-state index in [-0.39, 0.29) is 37.5 Å². The number of carbonyl (C=O) groups excluding carboxylic acids is 2. The maximum absolute atomic E-state index is 13.2. The first-order chi connectivity index (χ1) is 19.9. The van der Waals surface area contributed by atoms with E-state index in [0.717, 1.165) is 40.7 Å². The molecule has 4 atom stereocenters. The van der Waals surface area contributed by atoms with Crippen LogP contribution in [0.1, 0.15) is 48.8 Å². The number of aliphatic carboxylic acids is 1. The molecule has 2 aliphatic rings. The fourth-order valence-corrected chi connectivity index (χ4v) is 6.03. The molecule has 0 aliphatic heterocycles. The molecule has 0 heterocycles. The second-order valence-corrected chi connectivity index (χ2v) is 10.8. The summed E-state index contributed by atoms with van der Waals surface area (Å²) in [7, 11) is 0. The van der Waals surface area contributed by atoms with Gasteiger partial charge in [0.2, 0.25) is 5.91 Å². The van der Waals surface area contributed by atoms with Crippen molar-refractivity contribution in [1.29, 1.82) is 0 Å². The third-order valence-electron chi connectivity index (χ3n) is 8.24. The van der Waals surface area contributed by atoms with Crippen molar-refractivity contribution in [2.24, 2.45) is 11.8 Å². The largest absolute Gasteiger partial charge is 0.480 e. The minimum atomic E-state index is -1.18. The number of fused-ring (bicyclic) bond motifs is 3. The molecule has 2 amide bonds. The smallest absolute Gasteiger partial charge is 0.407 e. The zero-order chi connectivity index (χ0) is 28.8. The van der Waals surface area contributed by atoms with E-state index in [1.54, 1.807) is 6.92 Å². The lowest BCUT2D eigenvalue weighted by molar-refractivity contribution is -0.147. The van der Waals surface area contributed by atoms with Crippen LogP contribution in [0.5, 0.6) is 0 Å². The Balaban J connectivity index is 1.12. The molecule has 0 saturated heterocycles. The quantitative estimate of drug-likeness (QED) is 0.302. The highest BCUT2D eigenvalue weighted by molar-refractivity contribution is 5.86. The molecular formula is C33H36N2O6. The number of alkyl carbamates (subject to hydrolysis) is 1. The van der Waals surface area contributed by atoms with Gasteiger partial charge in [0.25, 0.3) is 0 Å². The van der Waals surface area contributed by atoms with Crippen molar-refractivity contribution < 1.29 is 29.0 Å². The van der Waals surface area contributed by atoms with Gasteiger partial charge in [-0.05, 0) is 53.5 Å². The lowest BCUT2D eigenvalue weighted by Crippen LogP contribution is -2.51. The molecule has 0 radical (unpaired) electrons. The number of hydrogen-bond donors (Lipinski definition) is 3. The van der Waals surface area contributed by atoms with Crippen LogP contribution in [0.25, 0.3) is 11.1 Å². The minimum Gasteiger partial charge on any atom is -0.480 e. The second kappa shape index (κ2) is 13.0. The van der Waals surface area contributed by atoms with E-state index >= 15 is 0 Å². The summed E-state index contributed by atoms with van der Waals surface area (Å²) in [4.78, 5) is 37.8. The van der Waals surface area contributed by atoms with E-state index in [1.807, 2.05) is 54.6 Å². The van der Waals surface area contributed by atoms with E-state index in [2.05, 4.69) is 34.9 Å². The maximum Gasteiger partial charge on any atom is 0.407 e. The van der Waals surface area contributed by atoms with E-state index < -0.39 is 30.1 Å². The number of nitrogens with one attached hydrogen (secondary N) is 2. The minimum absolute atomic E-state index is 0.0304. The fourth-order valence-electron chi connectivity index (χ4n) is 6.03. The summed E-state index contributed by atoms with van der Waals surface area (Å²) < 4.78 is 11.4. The Morgan fingerprint density at radius 1 is 0.902 bits per heavy atom. The highest BCUT2D eigenvalue weighted by Gasteiger charge is 2.37. The molecule has 0 aromatic heterocycles. The van der Waals surface area contributed by atoms with Crippen molar-refractivity contribution in [2.75, 3.05) is 13.2 Å². The van der Waals surface area contributed by atoms with Crippen LogP contribution in [0.2, 0.25) is 0 Å². The molecule has 0 bridgehead atoms. The summed E-state index contributed by atoms with van der Waals surface area (Å²) in [5.41, 5.74) is 5.53. The molecule has 2 aliphatic carbocycles. The highest BCUT2D eigenvalue weighted by Crippen LogP contribution is 2.44. The van der Waals surface area contributed by atoms with Gasteiger partial charge in [0, 0.05) is 18.4 Å². The summed E-state index contributed by atoms with van der Waals surface area (Å²) >= 11 is 0. The molecule has 1 fully saturated rings. The van der Waals surface area contributed by atoms with Crippen LogP contribution in [0.3, 0.4) is 0 Å².